The summed E-state index contributed by atoms with van der Waals surface area (Å²) >= 11 is 0. The zero-order valence-electron chi connectivity index (χ0n) is 19.2. The third kappa shape index (κ3) is 6.80. The quantitative estimate of drug-likeness (QED) is 0.421. The molecule has 1 heterocycles. The second kappa shape index (κ2) is 9.62. The first-order chi connectivity index (χ1) is 14.6. The zero-order valence-corrected chi connectivity index (χ0v) is 19.2. The van der Waals surface area contributed by atoms with Crippen LogP contribution >= 0.6 is 0 Å². The Morgan fingerprint density at radius 2 is 1.62 bits per heavy atom. The highest BCUT2D eigenvalue weighted by atomic mass is 16.7. The molecule has 10 nitrogen and oxygen atoms in total. The van der Waals surface area contributed by atoms with E-state index in [0.717, 1.165) is 0 Å². The molecule has 1 aromatic rings. The molecule has 1 aliphatic rings. The standard InChI is InChI=1S/C22H33NO9/c1-21(2,3)10-30-13-9-11(18(27)23-22(4,5)6)7-8-12(13)31-20-16(26)14(24)15(25)17(32-20)19(28)29/h7-9,14-17,20,24-26H,10H2,1-6H3,(H,23,27)(H,28,29)/t14-,15-,16+,17-,20+/m0/s1. The summed E-state index contributed by atoms with van der Waals surface area (Å²) in [6.45, 7) is 11.7. The minimum atomic E-state index is -1.83. The Morgan fingerprint density at radius 1 is 1.00 bits per heavy atom. The van der Waals surface area contributed by atoms with E-state index in [1.54, 1.807) is 0 Å². The van der Waals surface area contributed by atoms with Gasteiger partial charge in [-0.3, -0.25) is 4.79 Å². The second-order valence-corrected chi connectivity index (χ2v) is 10.1. The topological polar surface area (TPSA) is 155 Å². The lowest BCUT2D eigenvalue weighted by molar-refractivity contribution is -0.271. The fourth-order valence-electron chi connectivity index (χ4n) is 2.84. The van der Waals surface area contributed by atoms with Crippen molar-refractivity contribution in [2.75, 3.05) is 6.61 Å². The third-order valence-electron chi connectivity index (χ3n) is 4.41. The van der Waals surface area contributed by atoms with Crippen LogP contribution in [0.25, 0.3) is 0 Å². The van der Waals surface area contributed by atoms with Crippen LogP contribution < -0.4 is 14.8 Å². The van der Waals surface area contributed by atoms with Crippen molar-refractivity contribution in [3.05, 3.63) is 23.8 Å². The second-order valence-electron chi connectivity index (χ2n) is 10.1. The molecule has 180 valence electrons. The maximum absolute atomic E-state index is 12.6. The highest BCUT2D eigenvalue weighted by Crippen LogP contribution is 2.33. The average molecular weight is 456 g/mol. The van der Waals surface area contributed by atoms with Crippen molar-refractivity contribution in [3.63, 3.8) is 0 Å². The monoisotopic (exact) mass is 455 g/mol. The molecule has 0 radical (unpaired) electrons. The Kier molecular flexibility index (Phi) is 7.77. The molecule has 0 aromatic heterocycles. The van der Waals surface area contributed by atoms with Crippen LogP contribution in [0.1, 0.15) is 51.9 Å². The van der Waals surface area contributed by atoms with Crippen LogP contribution in [0.5, 0.6) is 11.5 Å². The van der Waals surface area contributed by atoms with Crippen molar-refractivity contribution in [2.45, 2.75) is 77.8 Å². The fraction of sp³-hybridized carbons (Fsp3) is 0.636. The molecule has 2 rings (SSSR count). The van der Waals surface area contributed by atoms with E-state index in [-0.39, 0.29) is 29.4 Å². The van der Waals surface area contributed by atoms with Crippen molar-refractivity contribution >= 4 is 11.9 Å². The van der Waals surface area contributed by atoms with Crippen LogP contribution in [0.2, 0.25) is 0 Å². The predicted molar refractivity (Wildman–Crippen MR) is 114 cm³/mol. The predicted octanol–water partition coefficient (Wildman–Crippen LogP) is 0.911. The number of ether oxygens (including phenoxy) is 3. The van der Waals surface area contributed by atoms with Gasteiger partial charge in [0.1, 0.15) is 18.3 Å². The summed E-state index contributed by atoms with van der Waals surface area (Å²) in [5.41, 5.74) is -0.377. The Hall–Kier alpha value is -2.40. The molecule has 5 atom stereocenters. The molecule has 1 aromatic carbocycles. The number of carboxylic acids is 1. The number of carbonyl (C=O) groups excluding carboxylic acids is 1. The van der Waals surface area contributed by atoms with Gasteiger partial charge in [-0.15, -0.1) is 0 Å². The highest BCUT2D eigenvalue weighted by molar-refractivity contribution is 5.95. The molecular weight excluding hydrogens is 422 g/mol. The van der Waals surface area contributed by atoms with Gasteiger partial charge in [0.15, 0.2) is 17.6 Å². The number of nitrogens with one attached hydrogen (secondary N) is 1. The van der Waals surface area contributed by atoms with Gasteiger partial charge < -0.3 is 40.0 Å². The minimum Gasteiger partial charge on any atom is -0.489 e. The summed E-state index contributed by atoms with van der Waals surface area (Å²) < 4.78 is 16.7. The van der Waals surface area contributed by atoms with E-state index in [1.807, 2.05) is 41.5 Å². The Bertz CT molecular complexity index is 828. The summed E-state index contributed by atoms with van der Waals surface area (Å²) in [6, 6.07) is 4.38. The Morgan fingerprint density at radius 3 is 2.16 bits per heavy atom. The first-order valence-corrected chi connectivity index (χ1v) is 10.3. The van der Waals surface area contributed by atoms with Gasteiger partial charge in [-0.2, -0.15) is 0 Å². The summed E-state index contributed by atoms with van der Waals surface area (Å²) in [5.74, 6) is -1.61. The minimum absolute atomic E-state index is 0.0679. The molecule has 0 aliphatic carbocycles. The van der Waals surface area contributed by atoms with Gasteiger partial charge in [-0.1, -0.05) is 20.8 Å². The maximum Gasteiger partial charge on any atom is 0.335 e. The maximum atomic E-state index is 12.6. The summed E-state index contributed by atoms with van der Waals surface area (Å²) in [6.07, 6.45) is -8.75. The lowest BCUT2D eigenvalue weighted by atomic mass is 9.98. The fourth-order valence-corrected chi connectivity index (χ4v) is 2.84. The summed E-state index contributed by atoms with van der Waals surface area (Å²) in [4.78, 5) is 23.9. The molecule has 0 spiro atoms. The zero-order chi connectivity index (χ0) is 24.4. The van der Waals surface area contributed by atoms with Crippen LogP contribution in [0.4, 0.5) is 0 Å². The number of hydrogen-bond donors (Lipinski definition) is 5. The van der Waals surface area contributed by atoms with Gasteiger partial charge >= 0.3 is 5.97 Å². The van der Waals surface area contributed by atoms with E-state index in [9.17, 15) is 30.0 Å². The number of carbonyl (C=O) groups is 2. The largest absolute Gasteiger partial charge is 0.489 e. The average Bonchev–Trinajstić information content (AvgIpc) is 2.65. The number of rotatable bonds is 6. The number of aliphatic hydroxyl groups excluding tert-OH is 3. The van der Waals surface area contributed by atoms with Crippen LogP contribution in [-0.2, 0) is 9.53 Å². The number of carboxylic acid groups (broad SMARTS) is 1. The van der Waals surface area contributed by atoms with E-state index >= 15 is 0 Å². The van der Waals surface area contributed by atoms with E-state index in [2.05, 4.69) is 5.32 Å². The van der Waals surface area contributed by atoms with Crippen LogP contribution in [-0.4, -0.2) is 75.2 Å². The van der Waals surface area contributed by atoms with Crippen LogP contribution in [0.15, 0.2) is 18.2 Å². The molecule has 5 N–H and O–H groups in total. The molecule has 0 bridgehead atoms. The van der Waals surface area contributed by atoms with Crippen molar-refractivity contribution in [3.8, 4) is 11.5 Å². The number of amides is 1. The van der Waals surface area contributed by atoms with Gasteiger partial charge in [0, 0.05) is 11.1 Å². The SMILES string of the molecule is CC(C)(C)COc1cc(C(=O)NC(C)(C)C)ccc1O[C@@H]1O[C@H](C(=O)O)[C@@H](O)[C@H](O)[C@H]1O. The van der Waals surface area contributed by atoms with Crippen LogP contribution in [0.3, 0.4) is 0 Å². The third-order valence-corrected chi connectivity index (χ3v) is 4.41. The van der Waals surface area contributed by atoms with E-state index in [0.29, 0.717) is 5.56 Å². The number of aliphatic carboxylic acids is 1. The van der Waals surface area contributed by atoms with Gasteiger partial charge in [0.05, 0.1) is 6.61 Å². The van der Waals surface area contributed by atoms with Crippen molar-refractivity contribution < 1.29 is 44.2 Å². The first kappa shape index (κ1) is 25.9. The molecule has 1 amide bonds. The van der Waals surface area contributed by atoms with Gasteiger partial charge in [0.25, 0.3) is 5.91 Å². The number of hydrogen-bond acceptors (Lipinski definition) is 8. The van der Waals surface area contributed by atoms with Crippen molar-refractivity contribution in [1.29, 1.82) is 0 Å². The normalized spacial score (nSPS) is 26.3. The molecule has 32 heavy (non-hydrogen) atoms. The Balaban J connectivity index is 2.34. The van der Waals surface area contributed by atoms with E-state index in [1.165, 1.54) is 18.2 Å². The van der Waals surface area contributed by atoms with Gasteiger partial charge in [-0.25, -0.2) is 4.79 Å². The molecule has 0 unspecified atom stereocenters. The molecule has 1 fully saturated rings. The first-order valence-electron chi connectivity index (χ1n) is 10.3. The van der Waals surface area contributed by atoms with E-state index in [4.69, 9.17) is 14.2 Å². The Labute approximate surface area is 187 Å². The van der Waals surface area contributed by atoms with Crippen molar-refractivity contribution in [1.82, 2.24) is 5.32 Å². The van der Waals surface area contributed by atoms with Crippen LogP contribution in [0, 0.1) is 5.41 Å². The van der Waals surface area contributed by atoms with Gasteiger partial charge in [-0.05, 0) is 44.4 Å². The lowest BCUT2D eigenvalue weighted by Crippen LogP contribution is -2.61. The summed E-state index contributed by atoms with van der Waals surface area (Å²) in [5, 5.41) is 42.1. The molecule has 10 heteroatoms. The number of benzene rings is 1. The molecule has 0 saturated carbocycles. The highest BCUT2D eigenvalue weighted by Gasteiger charge is 2.48. The molecule has 1 saturated heterocycles. The number of aliphatic hydroxyl groups is 3. The van der Waals surface area contributed by atoms with E-state index < -0.39 is 42.2 Å². The summed E-state index contributed by atoms with van der Waals surface area (Å²) in [7, 11) is 0. The molecular formula is C22H33NO9. The van der Waals surface area contributed by atoms with Gasteiger partial charge in [0.2, 0.25) is 6.29 Å². The van der Waals surface area contributed by atoms with Crippen molar-refractivity contribution in [2.24, 2.45) is 5.41 Å². The molecule has 1 aliphatic heterocycles. The lowest BCUT2D eigenvalue weighted by Gasteiger charge is -2.38. The smallest absolute Gasteiger partial charge is 0.335 e.